The lowest BCUT2D eigenvalue weighted by Crippen LogP contribution is -2.38. The number of fused-ring (bicyclic) bond motifs is 1. The maximum atomic E-state index is 12.2. The molecule has 3 N–H and O–H groups in total. The fraction of sp³-hybridized carbons (Fsp3) is 0.815. The summed E-state index contributed by atoms with van der Waals surface area (Å²) in [7, 11) is 0. The molecule has 3 fully saturated rings. The van der Waals surface area contributed by atoms with Crippen molar-refractivity contribution in [2.24, 2.45) is 47.3 Å². The predicted molar refractivity (Wildman–Crippen MR) is 124 cm³/mol. The third kappa shape index (κ3) is 5.82. The zero-order chi connectivity index (χ0) is 22.5. The van der Waals surface area contributed by atoms with Gasteiger partial charge in [0.2, 0.25) is 0 Å². The summed E-state index contributed by atoms with van der Waals surface area (Å²) in [4.78, 5) is 12.2. The quantitative estimate of drug-likeness (QED) is 0.424. The molecule has 0 saturated heterocycles. The highest BCUT2D eigenvalue weighted by molar-refractivity contribution is 5.70. The van der Waals surface area contributed by atoms with Crippen molar-refractivity contribution >= 4 is 5.97 Å². The van der Waals surface area contributed by atoms with Crippen molar-refractivity contribution < 1.29 is 20.1 Å². The van der Waals surface area contributed by atoms with E-state index in [9.17, 15) is 15.0 Å². The summed E-state index contributed by atoms with van der Waals surface area (Å²) in [5.74, 6) is 2.31. The molecule has 0 heterocycles. The van der Waals surface area contributed by atoms with Crippen LogP contribution in [0.1, 0.15) is 78.6 Å². The molecule has 4 nitrogen and oxygen atoms in total. The molecule has 0 spiro atoms. The van der Waals surface area contributed by atoms with Gasteiger partial charge in [-0.2, -0.15) is 0 Å². The molecule has 0 aromatic heterocycles. The number of carbonyl (C=O) groups is 1. The molecule has 0 aromatic carbocycles. The summed E-state index contributed by atoms with van der Waals surface area (Å²) in [5.41, 5.74) is 1.45. The average Bonchev–Trinajstić information content (AvgIpc) is 3.21. The van der Waals surface area contributed by atoms with Gasteiger partial charge in [-0.15, -0.1) is 0 Å². The van der Waals surface area contributed by atoms with Gasteiger partial charge < -0.3 is 15.3 Å². The Morgan fingerprint density at radius 2 is 1.87 bits per heavy atom. The van der Waals surface area contributed by atoms with Gasteiger partial charge in [-0.3, -0.25) is 4.79 Å². The van der Waals surface area contributed by atoms with Crippen molar-refractivity contribution in [2.45, 2.75) is 84.7 Å². The van der Waals surface area contributed by atoms with Gasteiger partial charge in [0.25, 0.3) is 0 Å². The second-order valence-corrected chi connectivity index (χ2v) is 10.9. The highest BCUT2D eigenvalue weighted by atomic mass is 16.4. The third-order valence-corrected chi connectivity index (χ3v) is 8.69. The molecule has 3 rings (SSSR count). The number of rotatable bonds is 9. The number of aliphatic hydroxyl groups excluding tert-OH is 2. The topological polar surface area (TPSA) is 77.8 Å². The Morgan fingerprint density at radius 1 is 1.16 bits per heavy atom. The van der Waals surface area contributed by atoms with Crippen molar-refractivity contribution in [1.29, 1.82) is 0 Å². The predicted octanol–water partition coefficient (Wildman–Crippen LogP) is 5.45. The van der Waals surface area contributed by atoms with Crippen LogP contribution in [0.5, 0.6) is 0 Å². The number of carboxylic acids is 1. The van der Waals surface area contributed by atoms with Crippen LogP contribution < -0.4 is 0 Å². The standard InChI is InChI=1S/C27H44O4/c1-4-7-19-12-17(2)26(18(3)13-19)23(27(30)31)9-5-8-20-14-21-16-25(29)22(10-6-11-28)24(21)15-20/h6,8,10,17-19,21-26,28-29H,4-5,7,9,11-16H2,1-3H3,(H,30,31)/t17?,18?,19?,21-,22-,23?,24+,25-,26?/m1/s1. The molecular formula is C27H44O4. The van der Waals surface area contributed by atoms with Crippen LogP contribution >= 0.6 is 0 Å². The molecule has 3 saturated carbocycles. The summed E-state index contributed by atoms with van der Waals surface area (Å²) in [6.45, 7) is 6.83. The van der Waals surface area contributed by atoms with Crippen LogP contribution in [0.2, 0.25) is 0 Å². The van der Waals surface area contributed by atoms with Crippen LogP contribution in [-0.4, -0.2) is 34.0 Å². The smallest absolute Gasteiger partial charge is 0.306 e. The van der Waals surface area contributed by atoms with Crippen molar-refractivity contribution in [3.05, 3.63) is 23.8 Å². The van der Waals surface area contributed by atoms with Gasteiger partial charge in [0.05, 0.1) is 18.6 Å². The first-order valence-electron chi connectivity index (χ1n) is 12.7. The van der Waals surface area contributed by atoms with Gasteiger partial charge in [0, 0.05) is 5.92 Å². The molecule has 3 aliphatic carbocycles. The number of aliphatic hydroxyl groups is 2. The molecule has 3 aliphatic rings. The molecule has 7 atom stereocenters. The summed E-state index contributed by atoms with van der Waals surface area (Å²) < 4.78 is 0. The molecule has 31 heavy (non-hydrogen) atoms. The van der Waals surface area contributed by atoms with E-state index >= 15 is 0 Å². The minimum Gasteiger partial charge on any atom is -0.481 e. The van der Waals surface area contributed by atoms with E-state index in [1.807, 2.05) is 6.08 Å². The third-order valence-electron chi connectivity index (χ3n) is 8.69. The second-order valence-electron chi connectivity index (χ2n) is 10.9. The molecular weight excluding hydrogens is 388 g/mol. The van der Waals surface area contributed by atoms with Crippen LogP contribution in [-0.2, 0) is 4.79 Å². The first kappa shape index (κ1) is 24.5. The van der Waals surface area contributed by atoms with E-state index in [0.29, 0.717) is 23.7 Å². The zero-order valence-electron chi connectivity index (χ0n) is 19.7. The van der Waals surface area contributed by atoms with E-state index in [0.717, 1.165) is 38.0 Å². The van der Waals surface area contributed by atoms with Crippen molar-refractivity contribution in [3.63, 3.8) is 0 Å². The Kier molecular flexibility index (Phi) is 8.81. The monoisotopic (exact) mass is 432 g/mol. The largest absolute Gasteiger partial charge is 0.481 e. The van der Waals surface area contributed by atoms with E-state index in [-0.39, 0.29) is 30.5 Å². The molecule has 0 radical (unpaired) electrons. The zero-order valence-corrected chi connectivity index (χ0v) is 19.7. The van der Waals surface area contributed by atoms with E-state index in [1.54, 1.807) is 6.08 Å². The lowest BCUT2D eigenvalue weighted by molar-refractivity contribution is -0.146. The molecule has 0 bridgehead atoms. The van der Waals surface area contributed by atoms with Gasteiger partial charge in [0.1, 0.15) is 0 Å². The maximum Gasteiger partial charge on any atom is 0.306 e. The normalized spacial score (nSPS) is 40.5. The van der Waals surface area contributed by atoms with Gasteiger partial charge in [-0.25, -0.2) is 0 Å². The van der Waals surface area contributed by atoms with E-state index in [4.69, 9.17) is 5.11 Å². The molecule has 0 aliphatic heterocycles. The lowest BCUT2D eigenvalue weighted by Gasteiger charge is -2.42. The lowest BCUT2D eigenvalue weighted by atomic mass is 9.63. The van der Waals surface area contributed by atoms with Gasteiger partial charge in [-0.05, 0) is 80.5 Å². The van der Waals surface area contributed by atoms with Crippen LogP contribution in [0, 0.1) is 47.3 Å². The maximum absolute atomic E-state index is 12.2. The SMILES string of the molecule is CCCC1CC(C)C(C(CCC=C2C[C@@H]3C[C@@H](O)[C@H](C=CCO)[C@H]3C2)C(=O)O)C(C)C1. The fourth-order valence-electron chi connectivity index (χ4n) is 7.57. The van der Waals surface area contributed by atoms with E-state index in [1.165, 1.54) is 31.3 Å². The Morgan fingerprint density at radius 3 is 2.48 bits per heavy atom. The second kappa shape index (κ2) is 11.1. The number of carboxylic acid groups (broad SMARTS) is 1. The average molecular weight is 433 g/mol. The Bertz CT molecular complexity index is 642. The highest BCUT2D eigenvalue weighted by Crippen LogP contribution is 2.51. The molecule has 176 valence electrons. The Labute approximate surface area is 188 Å². The van der Waals surface area contributed by atoms with Gasteiger partial charge in [-0.1, -0.05) is 57.4 Å². The van der Waals surface area contributed by atoms with Crippen LogP contribution in [0.25, 0.3) is 0 Å². The number of hydrogen-bond donors (Lipinski definition) is 3. The molecule has 0 amide bonds. The van der Waals surface area contributed by atoms with E-state index in [2.05, 4.69) is 26.8 Å². The first-order chi connectivity index (χ1) is 14.8. The van der Waals surface area contributed by atoms with Crippen molar-refractivity contribution in [2.75, 3.05) is 6.61 Å². The van der Waals surface area contributed by atoms with Crippen LogP contribution in [0.4, 0.5) is 0 Å². The number of hydrogen-bond acceptors (Lipinski definition) is 3. The van der Waals surface area contributed by atoms with Gasteiger partial charge in [0.15, 0.2) is 0 Å². The van der Waals surface area contributed by atoms with Crippen molar-refractivity contribution in [1.82, 2.24) is 0 Å². The number of aliphatic carboxylic acids is 1. The summed E-state index contributed by atoms with van der Waals surface area (Å²) in [5, 5.41) is 29.4. The van der Waals surface area contributed by atoms with Crippen LogP contribution in [0.3, 0.4) is 0 Å². The fourth-order valence-corrected chi connectivity index (χ4v) is 7.57. The minimum absolute atomic E-state index is 0.0249. The molecule has 3 unspecified atom stereocenters. The molecule has 0 aromatic rings. The van der Waals surface area contributed by atoms with Crippen LogP contribution in [0.15, 0.2) is 23.8 Å². The summed E-state index contributed by atoms with van der Waals surface area (Å²) in [6.07, 6.45) is 15.1. The van der Waals surface area contributed by atoms with E-state index < -0.39 is 5.97 Å². The Balaban J connectivity index is 1.57. The first-order valence-corrected chi connectivity index (χ1v) is 12.7. The summed E-state index contributed by atoms with van der Waals surface area (Å²) >= 11 is 0. The molecule has 4 heteroatoms. The minimum atomic E-state index is -0.614. The van der Waals surface area contributed by atoms with Crippen molar-refractivity contribution in [3.8, 4) is 0 Å². The Hall–Kier alpha value is -1.13. The summed E-state index contributed by atoms with van der Waals surface area (Å²) in [6, 6.07) is 0. The van der Waals surface area contributed by atoms with Gasteiger partial charge >= 0.3 is 5.97 Å². The number of allylic oxidation sites excluding steroid dienone is 2. The highest BCUT2D eigenvalue weighted by Gasteiger charge is 2.45.